The van der Waals surface area contributed by atoms with Crippen molar-refractivity contribution in [3.63, 3.8) is 0 Å². The molecule has 0 aromatic heterocycles. The minimum Gasteiger partial charge on any atom is -0.351 e. The smallest absolute Gasteiger partial charge is 0.261 e. The van der Waals surface area contributed by atoms with Crippen LogP contribution in [-0.2, 0) is 14.8 Å². The van der Waals surface area contributed by atoms with Gasteiger partial charge in [-0.3, -0.25) is 14.3 Å². The Labute approximate surface area is 183 Å². The number of sulfonamides is 1. The number of anilines is 1. The molecule has 0 radical (unpaired) electrons. The van der Waals surface area contributed by atoms with Crippen LogP contribution in [0, 0.1) is 13.8 Å². The number of rotatable bonds is 7. The zero-order valence-corrected chi connectivity index (χ0v) is 18.5. The summed E-state index contributed by atoms with van der Waals surface area (Å²) < 4.78 is 27.9. The molecule has 3 rings (SSSR count). The molecule has 1 aliphatic heterocycles. The fraction of sp³-hybridized carbons (Fsp3) is 0.304. The van der Waals surface area contributed by atoms with E-state index in [0.717, 1.165) is 17.5 Å². The van der Waals surface area contributed by atoms with Gasteiger partial charge in [-0.25, -0.2) is 8.42 Å². The van der Waals surface area contributed by atoms with E-state index in [1.165, 1.54) is 0 Å². The highest BCUT2D eigenvalue weighted by atomic mass is 32.2. The van der Waals surface area contributed by atoms with E-state index < -0.39 is 16.1 Å². The van der Waals surface area contributed by atoms with E-state index in [4.69, 9.17) is 0 Å². The van der Waals surface area contributed by atoms with Gasteiger partial charge in [0.25, 0.3) is 15.9 Å². The van der Waals surface area contributed by atoms with E-state index in [-0.39, 0.29) is 16.7 Å². The van der Waals surface area contributed by atoms with E-state index in [0.29, 0.717) is 30.8 Å². The second kappa shape index (κ2) is 9.34. The SMILES string of the molecule is C=CCNC(=O)C1CCCN1C(=O)c1ccc(NS(=O)(=O)c2ccc(C)c(C)c2)cc1. The molecule has 1 unspecified atom stereocenters. The first-order chi connectivity index (χ1) is 14.7. The Kier molecular flexibility index (Phi) is 6.80. The molecular weight excluding hydrogens is 414 g/mol. The van der Waals surface area contributed by atoms with Gasteiger partial charge in [0.05, 0.1) is 4.90 Å². The van der Waals surface area contributed by atoms with E-state index >= 15 is 0 Å². The van der Waals surface area contributed by atoms with Crippen molar-refractivity contribution in [3.8, 4) is 0 Å². The lowest BCUT2D eigenvalue weighted by molar-refractivity contribution is -0.124. The number of aryl methyl sites for hydroxylation is 2. The molecule has 2 N–H and O–H groups in total. The molecule has 0 bridgehead atoms. The minimum atomic E-state index is -3.74. The molecule has 1 aliphatic rings. The number of nitrogens with one attached hydrogen (secondary N) is 2. The third-order valence-electron chi connectivity index (χ3n) is 5.41. The van der Waals surface area contributed by atoms with Gasteiger partial charge in [-0.1, -0.05) is 12.1 Å². The Morgan fingerprint density at radius 2 is 1.84 bits per heavy atom. The van der Waals surface area contributed by atoms with Crippen molar-refractivity contribution in [2.75, 3.05) is 17.8 Å². The summed E-state index contributed by atoms with van der Waals surface area (Å²) in [7, 11) is -3.74. The second-order valence-corrected chi connectivity index (χ2v) is 9.30. The summed E-state index contributed by atoms with van der Waals surface area (Å²) >= 11 is 0. The summed E-state index contributed by atoms with van der Waals surface area (Å²) in [6, 6.07) is 10.7. The number of benzene rings is 2. The van der Waals surface area contributed by atoms with Gasteiger partial charge in [-0.15, -0.1) is 6.58 Å². The monoisotopic (exact) mass is 441 g/mol. The largest absolute Gasteiger partial charge is 0.351 e. The fourth-order valence-electron chi connectivity index (χ4n) is 3.51. The van der Waals surface area contributed by atoms with Crippen LogP contribution in [0.4, 0.5) is 5.69 Å². The van der Waals surface area contributed by atoms with E-state index in [1.807, 2.05) is 13.8 Å². The van der Waals surface area contributed by atoms with E-state index in [9.17, 15) is 18.0 Å². The Bertz CT molecular complexity index is 1090. The molecule has 0 saturated carbocycles. The summed E-state index contributed by atoms with van der Waals surface area (Å²) in [5.41, 5.74) is 2.66. The topological polar surface area (TPSA) is 95.6 Å². The molecule has 31 heavy (non-hydrogen) atoms. The lowest BCUT2D eigenvalue weighted by Gasteiger charge is -2.24. The van der Waals surface area contributed by atoms with Gasteiger partial charge in [-0.05, 0) is 74.2 Å². The Hall–Kier alpha value is -3.13. The summed E-state index contributed by atoms with van der Waals surface area (Å²) in [5.74, 6) is -0.441. The first-order valence-electron chi connectivity index (χ1n) is 10.1. The minimum absolute atomic E-state index is 0.182. The zero-order valence-electron chi connectivity index (χ0n) is 17.7. The van der Waals surface area contributed by atoms with Crippen LogP contribution >= 0.6 is 0 Å². The number of hydrogen-bond acceptors (Lipinski definition) is 4. The molecule has 1 saturated heterocycles. The molecule has 0 spiro atoms. The predicted octanol–water partition coefficient (Wildman–Crippen LogP) is 3.01. The van der Waals surface area contributed by atoms with Crippen molar-refractivity contribution in [3.05, 3.63) is 71.8 Å². The molecule has 2 aromatic carbocycles. The second-order valence-electron chi connectivity index (χ2n) is 7.62. The molecular formula is C23H27N3O4S. The van der Waals surface area contributed by atoms with Gasteiger partial charge in [0.15, 0.2) is 0 Å². The fourth-order valence-corrected chi connectivity index (χ4v) is 4.66. The molecule has 164 valence electrons. The molecule has 2 amide bonds. The number of carbonyl (C=O) groups excluding carboxylic acids is 2. The maximum absolute atomic E-state index is 12.9. The van der Waals surface area contributed by atoms with Crippen LogP contribution < -0.4 is 10.0 Å². The first-order valence-corrected chi connectivity index (χ1v) is 11.6. The van der Waals surface area contributed by atoms with Crippen molar-refractivity contribution in [1.29, 1.82) is 0 Å². The van der Waals surface area contributed by atoms with Gasteiger partial charge < -0.3 is 10.2 Å². The van der Waals surface area contributed by atoms with Crippen LogP contribution in [0.2, 0.25) is 0 Å². The molecule has 1 fully saturated rings. The van der Waals surface area contributed by atoms with Crippen LogP contribution in [0.25, 0.3) is 0 Å². The van der Waals surface area contributed by atoms with Crippen molar-refractivity contribution < 1.29 is 18.0 Å². The molecule has 1 atom stereocenters. The molecule has 0 aliphatic carbocycles. The van der Waals surface area contributed by atoms with Crippen molar-refractivity contribution in [2.45, 2.75) is 37.6 Å². The van der Waals surface area contributed by atoms with Gasteiger partial charge in [0.1, 0.15) is 6.04 Å². The van der Waals surface area contributed by atoms with Crippen LogP contribution in [0.5, 0.6) is 0 Å². The summed E-state index contributed by atoms with van der Waals surface area (Å²) in [5, 5.41) is 2.74. The van der Waals surface area contributed by atoms with Crippen LogP contribution in [0.15, 0.2) is 60.0 Å². The number of hydrogen-bond donors (Lipinski definition) is 2. The van der Waals surface area contributed by atoms with Crippen molar-refractivity contribution >= 4 is 27.5 Å². The average Bonchev–Trinajstić information content (AvgIpc) is 3.23. The van der Waals surface area contributed by atoms with Crippen LogP contribution in [0.1, 0.15) is 34.3 Å². The van der Waals surface area contributed by atoms with E-state index in [2.05, 4.69) is 16.6 Å². The first kappa shape index (κ1) is 22.6. The predicted molar refractivity (Wildman–Crippen MR) is 120 cm³/mol. The highest BCUT2D eigenvalue weighted by molar-refractivity contribution is 7.92. The maximum Gasteiger partial charge on any atom is 0.261 e. The Morgan fingerprint density at radius 3 is 2.48 bits per heavy atom. The molecule has 1 heterocycles. The standard InChI is InChI=1S/C23H27N3O4S/c1-4-13-24-22(27)21-6-5-14-26(21)23(28)18-8-10-19(11-9-18)25-31(29,30)20-12-7-16(2)17(3)15-20/h4,7-12,15,21,25H,1,5-6,13-14H2,2-3H3,(H,24,27). The average molecular weight is 442 g/mol. The summed E-state index contributed by atoms with van der Waals surface area (Å²) in [4.78, 5) is 27.0. The lowest BCUT2D eigenvalue weighted by Crippen LogP contribution is -2.46. The van der Waals surface area contributed by atoms with Crippen LogP contribution in [-0.4, -0.2) is 44.3 Å². The number of amides is 2. The van der Waals surface area contributed by atoms with Gasteiger partial charge in [0, 0.05) is 24.3 Å². The normalized spacial score (nSPS) is 16.1. The number of likely N-dealkylation sites (tertiary alicyclic amines) is 1. The summed E-state index contributed by atoms with van der Waals surface area (Å²) in [6.45, 7) is 8.22. The maximum atomic E-state index is 12.9. The quantitative estimate of drug-likeness (QED) is 0.646. The number of nitrogens with zero attached hydrogens (tertiary/aromatic N) is 1. The summed E-state index contributed by atoms with van der Waals surface area (Å²) in [6.07, 6.45) is 2.96. The van der Waals surface area contributed by atoms with Gasteiger partial charge in [-0.2, -0.15) is 0 Å². The lowest BCUT2D eigenvalue weighted by atomic mass is 10.1. The van der Waals surface area contributed by atoms with E-state index in [1.54, 1.807) is 53.4 Å². The number of carbonyl (C=O) groups is 2. The van der Waals surface area contributed by atoms with Crippen molar-refractivity contribution in [1.82, 2.24) is 10.2 Å². The molecule has 2 aromatic rings. The molecule has 8 heteroatoms. The van der Waals surface area contributed by atoms with Crippen LogP contribution in [0.3, 0.4) is 0 Å². The van der Waals surface area contributed by atoms with Gasteiger partial charge >= 0.3 is 0 Å². The zero-order chi connectivity index (χ0) is 22.6. The third kappa shape index (κ3) is 5.14. The highest BCUT2D eigenvalue weighted by Gasteiger charge is 2.34. The van der Waals surface area contributed by atoms with Gasteiger partial charge in [0.2, 0.25) is 5.91 Å². The molecule has 7 nitrogen and oxygen atoms in total. The highest BCUT2D eigenvalue weighted by Crippen LogP contribution is 2.23. The Balaban J connectivity index is 1.72. The van der Waals surface area contributed by atoms with Crippen molar-refractivity contribution in [2.24, 2.45) is 0 Å². The Morgan fingerprint density at radius 1 is 1.13 bits per heavy atom. The third-order valence-corrected chi connectivity index (χ3v) is 6.79.